The molecule has 134 valence electrons. The fourth-order valence-electron chi connectivity index (χ4n) is 3.26. The van der Waals surface area contributed by atoms with E-state index in [9.17, 15) is 0 Å². The van der Waals surface area contributed by atoms with Crippen LogP contribution in [0.1, 0.15) is 74.8 Å². The molecule has 0 bridgehead atoms. The molecule has 2 aromatic heterocycles. The molecular formula is C20H30O2S2. The van der Waals surface area contributed by atoms with Gasteiger partial charge in [-0.25, -0.2) is 0 Å². The van der Waals surface area contributed by atoms with Crippen molar-refractivity contribution in [1.82, 2.24) is 0 Å². The predicted molar refractivity (Wildman–Crippen MR) is 105 cm³/mol. The third kappa shape index (κ3) is 4.81. The van der Waals surface area contributed by atoms with Crippen LogP contribution in [0.15, 0.2) is 12.1 Å². The van der Waals surface area contributed by atoms with Gasteiger partial charge in [0.1, 0.15) is 0 Å². The topological polar surface area (TPSA) is 18.5 Å². The first-order chi connectivity index (χ1) is 11.8. The molecule has 4 heteroatoms. The third-order valence-electron chi connectivity index (χ3n) is 4.73. The molecule has 24 heavy (non-hydrogen) atoms. The fourth-order valence-corrected chi connectivity index (χ4v) is 5.81. The summed E-state index contributed by atoms with van der Waals surface area (Å²) in [7, 11) is 0. The molecule has 0 amide bonds. The lowest BCUT2D eigenvalue weighted by molar-refractivity contribution is -0.204. The molecule has 0 saturated carbocycles. The predicted octanol–water partition coefficient (Wildman–Crippen LogP) is 6.94. The van der Waals surface area contributed by atoms with Gasteiger partial charge in [0.15, 0.2) is 6.29 Å². The van der Waals surface area contributed by atoms with Crippen LogP contribution in [0.2, 0.25) is 0 Å². The van der Waals surface area contributed by atoms with E-state index in [0.29, 0.717) is 5.92 Å². The smallest absolute Gasteiger partial charge is 0.193 e. The molecule has 3 rings (SSSR count). The molecule has 0 radical (unpaired) electrons. The molecular weight excluding hydrogens is 336 g/mol. The molecule has 1 aliphatic rings. The molecule has 0 aromatic carbocycles. The number of thiophene rings is 2. The minimum atomic E-state index is -0.138. The number of hydrogen-bond acceptors (Lipinski definition) is 4. The third-order valence-corrected chi connectivity index (χ3v) is 7.20. The Morgan fingerprint density at radius 3 is 2.42 bits per heavy atom. The second kappa shape index (κ2) is 9.33. The van der Waals surface area contributed by atoms with Gasteiger partial charge in [0, 0.05) is 16.2 Å². The normalized spacial score (nSPS) is 21.6. The van der Waals surface area contributed by atoms with E-state index in [4.69, 9.17) is 9.47 Å². The zero-order chi connectivity index (χ0) is 16.8. The standard InChI is InChI=1S/C20H30O2S2/c1-3-5-7-9-15-13-21-19(22-14-15)18-12-16-11-17(10-8-6-4-2)23-20(16)24-18/h11-12,15,19H,3-10,13-14H2,1-2H3. The molecule has 0 spiro atoms. The van der Waals surface area contributed by atoms with Crippen molar-refractivity contribution in [3.63, 3.8) is 0 Å². The van der Waals surface area contributed by atoms with Crippen molar-refractivity contribution in [1.29, 1.82) is 0 Å². The van der Waals surface area contributed by atoms with Crippen LogP contribution in [-0.4, -0.2) is 13.2 Å². The lowest BCUT2D eigenvalue weighted by Crippen LogP contribution is -2.26. The number of ether oxygens (including phenoxy) is 2. The van der Waals surface area contributed by atoms with Gasteiger partial charge in [-0.2, -0.15) is 0 Å². The largest absolute Gasteiger partial charge is 0.347 e. The van der Waals surface area contributed by atoms with Gasteiger partial charge in [0.25, 0.3) is 0 Å². The highest BCUT2D eigenvalue weighted by molar-refractivity contribution is 7.38. The Morgan fingerprint density at radius 2 is 1.71 bits per heavy atom. The summed E-state index contributed by atoms with van der Waals surface area (Å²) in [5.74, 6) is 0.582. The van der Waals surface area contributed by atoms with Crippen LogP contribution < -0.4 is 0 Å². The first kappa shape index (κ1) is 18.4. The highest BCUT2D eigenvalue weighted by Crippen LogP contribution is 2.39. The Kier molecular flexibility index (Phi) is 7.14. The van der Waals surface area contributed by atoms with Gasteiger partial charge in [-0.05, 0) is 31.4 Å². The average molecular weight is 367 g/mol. The van der Waals surface area contributed by atoms with E-state index in [-0.39, 0.29) is 6.29 Å². The summed E-state index contributed by atoms with van der Waals surface area (Å²) in [5, 5.41) is 1.38. The Balaban J connectivity index is 1.51. The molecule has 0 N–H and O–H groups in total. The molecule has 0 atom stereocenters. The quantitative estimate of drug-likeness (QED) is 0.448. The zero-order valence-corrected chi connectivity index (χ0v) is 16.6. The number of rotatable bonds is 9. The van der Waals surface area contributed by atoms with Crippen molar-refractivity contribution in [3.05, 3.63) is 21.9 Å². The number of aryl methyl sites for hydroxylation is 1. The van der Waals surface area contributed by atoms with Crippen molar-refractivity contribution in [2.24, 2.45) is 5.92 Å². The Hall–Kier alpha value is -0.420. The van der Waals surface area contributed by atoms with Gasteiger partial charge >= 0.3 is 0 Å². The van der Waals surface area contributed by atoms with Crippen molar-refractivity contribution in [2.75, 3.05) is 13.2 Å². The van der Waals surface area contributed by atoms with Crippen molar-refractivity contribution >= 4 is 32.1 Å². The maximum atomic E-state index is 6.01. The SMILES string of the molecule is CCCCCc1cc2cc(C3OCC(CCCCC)CO3)sc2s1. The van der Waals surface area contributed by atoms with Gasteiger partial charge in [-0.1, -0.05) is 46.0 Å². The Labute approximate surface area is 154 Å². The number of unbranched alkanes of at least 4 members (excludes halogenated alkanes) is 4. The van der Waals surface area contributed by atoms with Gasteiger partial charge in [0.05, 0.1) is 22.1 Å². The van der Waals surface area contributed by atoms with Crippen LogP contribution in [0.25, 0.3) is 9.40 Å². The van der Waals surface area contributed by atoms with E-state index < -0.39 is 0 Å². The van der Waals surface area contributed by atoms with Gasteiger partial charge in [0.2, 0.25) is 0 Å². The summed E-state index contributed by atoms with van der Waals surface area (Å²) in [6.45, 7) is 6.21. The summed E-state index contributed by atoms with van der Waals surface area (Å²) >= 11 is 3.81. The maximum Gasteiger partial charge on any atom is 0.193 e. The second-order valence-electron chi connectivity index (χ2n) is 6.92. The zero-order valence-electron chi connectivity index (χ0n) is 15.0. The summed E-state index contributed by atoms with van der Waals surface area (Å²) in [5.41, 5.74) is 0. The van der Waals surface area contributed by atoms with Crippen molar-refractivity contribution in [2.45, 2.75) is 71.5 Å². The lowest BCUT2D eigenvalue weighted by atomic mass is 10.0. The molecule has 1 fully saturated rings. The van der Waals surface area contributed by atoms with Gasteiger partial charge in [-0.15, -0.1) is 22.7 Å². The van der Waals surface area contributed by atoms with E-state index in [1.54, 1.807) is 0 Å². The fraction of sp³-hybridized carbons (Fsp3) is 0.700. The average Bonchev–Trinajstić information content (AvgIpc) is 3.15. The van der Waals surface area contributed by atoms with Crippen LogP contribution in [-0.2, 0) is 15.9 Å². The molecule has 3 heterocycles. The van der Waals surface area contributed by atoms with E-state index in [1.165, 1.54) is 70.5 Å². The molecule has 1 saturated heterocycles. The van der Waals surface area contributed by atoms with E-state index >= 15 is 0 Å². The van der Waals surface area contributed by atoms with Crippen LogP contribution in [0.3, 0.4) is 0 Å². The van der Waals surface area contributed by atoms with Crippen LogP contribution in [0.4, 0.5) is 0 Å². The molecule has 2 aromatic rings. The Morgan fingerprint density at radius 1 is 0.958 bits per heavy atom. The van der Waals surface area contributed by atoms with Crippen molar-refractivity contribution < 1.29 is 9.47 Å². The highest BCUT2D eigenvalue weighted by Gasteiger charge is 2.25. The Bertz CT molecular complexity index is 577. The monoisotopic (exact) mass is 366 g/mol. The summed E-state index contributed by atoms with van der Waals surface area (Å²) < 4.78 is 13.4. The summed E-state index contributed by atoms with van der Waals surface area (Å²) in [4.78, 5) is 2.76. The van der Waals surface area contributed by atoms with E-state index in [1.807, 2.05) is 22.7 Å². The van der Waals surface area contributed by atoms with Crippen LogP contribution in [0.5, 0.6) is 0 Å². The molecule has 0 unspecified atom stereocenters. The van der Waals surface area contributed by atoms with E-state index in [2.05, 4.69) is 26.0 Å². The van der Waals surface area contributed by atoms with Crippen LogP contribution in [0, 0.1) is 5.92 Å². The second-order valence-corrected chi connectivity index (χ2v) is 9.40. The van der Waals surface area contributed by atoms with Gasteiger partial charge < -0.3 is 9.47 Å². The van der Waals surface area contributed by atoms with Crippen molar-refractivity contribution in [3.8, 4) is 0 Å². The number of fused-ring (bicyclic) bond motifs is 1. The minimum absolute atomic E-state index is 0.138. The maximum absolute atomic E-state index is 6.01. The molecule has 2 nitrogen and oxygen atoms in total. The summed E-state index contributed by atoms with van der Waals surface area (Å²) in [6, 6.07) is 4.65. The molecule has 0 aliphatic carbocycles. The first-order valence-corrected chi connectivity index (χ1v) is 11.2. The minimum Gasteiger partial charge on any atom is -0.347 e. The number of hydrogen-bond donors (Lipinski definition) is 0. The van der Waals surface area contributed by atoms with Crippen LogP contribution >= 0.6 is 22.7 Å². The highest BCUT2D eigenvalue weighted by atomic mass is 32.2. The molecule has 1 aliphatic heterocycles. The summed E-state index contributed by atoms with van der Waals surface area (Å²) in [6.07, 6.45) is 10.2. The lowest BCUT2D eigenvalue weighted by Gasteiger charge is -2.28. The first-order valence-electron chi connectivity index (χ1n) is 9.55. The van der Waals surface area contributed by atoms with E-state index in [0.717, 1.165) is 13.2 Å². The van der Waals surface area contributed by atoms with Gasteiger partial charge in [-0.3, -0.25) is 0 Å².